The van der Waals surface area contributed by atoms with E-state index in [4.69, 9.17) is 10.5 Å². The van der Waals surface area contributed by atoms with Crippen molar-refractivity contribution < 1.29 is 4.74 Å². The summed E-state index contributed by atoms with van der Waals surface area (Å²) in [5.74, 6) is 1.19. The largest absolute Gasteiger partial charge is 0.476 e. The Hall–Kier alpha value is -1.19. The first-order valence-corrected chi connectivity index (χ1v) is 5.40. The Morgan fingerprint density at radius 3 is 2.40 bits per heavy atom. The first kappa shape index (κ1) is 11.9. The predicted molar refractivity (Wildman–Crippen MR) is 62.1 cm³/mol. The first-order valence-electron chi connectivity index (χ1n) is 5.40. The maximum atomic E-state index is 5.92. The van der Waals surface area contributed by atoms with E-state index >= 15 is 0 Å². The summed E-state index contributed by atoms with van der Waals surface area (Å²) in [5.41, 5.74) is 7.41. The van der Waals surface area contributed by atoms with Gasteiger partial charge in [-0.05, 0) is 26.7 Å². The lowest BCUT2D eigenvalue weighted by atomic mass is 10.2. The lowest BCUT2D eigenvalue weighted by molar-refractivity contribution is 0.241. The van der Waals surface area contributed by atoms with E-state index in [2.05, 4.69) is 32.8 Å². The minimum atomic E-state index is 0.267. The highest BCUT2D eigenvalue weighted by Crippen LogP contribution is 2.28. The van der Waals surface area contributed by atoms with E-state index in [1.807, 2.05) is 11.6 Å². The van der Waals surface area contributed by atoms with Gasteiger partial charge in [-0.25, -0.2) is 4.68 Å². The maximum absolute atomic E-state index is 5.92. The van der Waals surface area contributed by atoms with Crippen LogP contribution in [0.15, 0.2) is 0 Å². The molecule has 4 heteroatoms. The van der Waals surface area contributed by atoms with Crippen molar-refractivity contribution in [2.45, 2.75) is 40.7 Å². The fourth-order valence-corrected chi connectivity index (χ4v) is 1.28. The van der Waals surface area contributed by atoms with Crippen LogP contribution in [0, 0.1) is 12.8 Å². The summed E-state index contributed by atoms with van der Waals surface area (Å²) in [6, 6.07) is 0.267. The Balaban J connectivity index is 2.92. The van der Waals surface area contributed by atoms with Gasteiger partial charge < -0.3 is 10.5 Å². The van der Waals surface area contributed by atoms with Crippen molar-refractivity contribution in [3.63, 3.8) is 0 Å². The van der Waals surface area contributed by atoms with Gasteiger partial charge in [0.2, 0.25) is 5.88 Å². The van der Waals surface area contributed by atoms with E-state index in [9.17, 15) is 0 Å². The molecule has 0 spiro atoms. The smallest absolute Gasteiger partial charge is 0.236 e. The van der Waals surface area contributed by atoms with Crippen LogP contribution in [-0.2, 0) is 0 Å². The zero-order chi connectivity index (χ0) is 11.6. The topological polar surface area (TPSA) is 53.1 Å². The minimum Gasteiger partial charge on any atom is -0.476 e. The van der Waals surface area contributed by atoms with Crippen LogP contribution in [0.1, 0.15) is 39.4 Å². The average Bonchev–Trinajstić information content (AvgIpc) is 2.41. The van der Waals surface area contributed by atoms with Crippen LogP contribution < -0.4 is 10.5 Å². The van der Waals surface area contributed by atoms with Crippen LogP contribution in [0.2, 0.25) is 0 Å². The number of rotatable bonds is 4. The van der Waals surface area contributed by atoms with Crippen LogP contribution in [-0.4, -0.2) is 16.4 Å². The third-order valence-corrected chi connectivity index (χ3v) is 2.13. The van der Waals surface area contributed by atoms with Gasteiger partial charge in [0.05, 0.1) is 18.3 Å². The van der Waals surface area contributed by atoms with E-state index in [1.54, 1.807) is 0 Å². The minimum absolute atomic E-state index is 0.267. The molecule has 1 rings (SSSR count). The average molecular weight is 211 g/mol. The van der Waals surface area contributed by atoms with Crippen LogP contribution >= 0.6 is 0 Å². The summed E-state index contributed by atoms with van der Waals surface area (Å²) in [4.78, 5) is 0. The predicted octanol–water partition coefficient (Wildman–Crippen LogP) is 2.39. The molecule has 1 aromatic heterocycles. The number of aryl methyl sites for hydroxylation is 1. The molecule has 0 aliphatic rings. The second-order valence-electron chi connectivity index (χ2n) is 4.55. The fourth-order valence-electron chi connectivity index (χ4n) is 1.28. The Labute approximate surface area is 91.4 Å². The highest BCUT2D eigenvalue weighted by Gasteiger charge is 2.16. The quantitative estimate of drug-likeness (QED) is 0.832. The summed E-state index contributed by atoms with van der Waals surface area (Å²) < 4.78 is 7.53. The van der Waals surface area contributed by atoms with Crippen molar-refractivity contribution in [3.05, 3.63) is 5.69 Å². The standard InChI is InChI=1S/C11H21N3O/c1-7(2)6-15-11-10(12)9(5)13-14(11)8(3)4/h7-8H,6,12H2,1-5H3. The Bertz CT molecular complexity index is 329. The van der Waals surface area contributed by atoms with Gasteiger partial charge in [-0.2, -0.15) is 5.10 Å². The second kappa shape index (κ2) is 4.55. The zero-order valence-electron chi connectivity index (χ0n) is 10.2. The molecule has 1 aromatic rings. The molecule has 0 aliphatic heterocycles. The number of nitrogen functional groups attached to an aromatic ring is 1. The fraction of sp³-hybridized carbons (Fsp3) is 0.727. The van der Waals surface area contributed by atoms with Crippen molar-refractivity contribution in [1.29, 1.82) is 0 Å². The van der Waals surface area contributed by atoms with Crippen molar-refractivity contribution in [2.75, 3.05) is 12.3 Å². The first-order chi connectivity index (χ1) is 6.93. The van der Waals surface area contributed by atoms with Gasteiger partial charge in [0.15, 0.2) is 0 Å². The van der Waals surface area contributed by atoms with Gasteiger partial charge >= 0.3 is 0 Å². The van der Waals surface area contributed by atoms with Gasteiger partial charge in [-0.3, -0.25) is 0 Å². The van der Waals surface area contributed by atoms with E-state index in [-0.39, 0.29) is 6.04 Å². The van der Waals surface area contributed by atoms with Crippen LogP contribution in [0.3, 0.4) is 0 Å². The van der Waals surface area contributed by atoms with Crippen molar-refractivity contribution in [2.24, 2.45) is 5.92 Å². The lowest BCUT2D eigenvalue weighted by Crippen LogP contribution is -2.11. The molecule has 0 radical (unpaired) electrons. The Kier molecular flexibility index (Phi) is 3.61. The molecule has 0 atom stereocenters. The number of nitrogens with zero attached hydrogens (tertiary/aromatic N) is 2. The summed E-state index contributed by atoms with van der Waals surface area (Å²) in [6.45, 7) is 10.9. The number of nitrogens with two attached hydrogens (primary N) is 1. The highest BCUT2D eigenvalue weighted by atomic mass is 16.5. The van der Waals surface area contributed by atoms with E-state index in [1.165, 1.54) is 0 Å². The van der Waals surface area contributed by atoms with Gasteiger partial charge in [0.1, 0.15) is 5.69 Å². The van der Waals surface area contributed by atoms with E-state index < -0.39 is 0 Å². The van der Waals surface area contributed by atoms with Crippen LogP contribution in [0.5, 0.6) is 5.88 Å². The Morgan fingerprint density at radius 2 is 1.93 bits per heavy atom. The third kappa shape index (κ3) is 2.64. The highest BCUT2D eigenvalue weighted by molar-refractivity contribution is 5.52. The number of hydrogen-bond acceptors (Lipinski definition) is 3. The molecule has 0 saturated heterocycles. The van der Waals surface area contributed by atoms with Crippen molar-refractivity contribution in [1.82, 2.24) is 9.78 Å². The van der Waals surface area contributed by atoms with Gasteiger partial charge in [-0.1, -0.05) is 13.8 Å². The number of aromatic nitrogens is 2. The normalized spacial score (nSPS) is 11.4. The zero-order valence-corrected chi connectivity index (χ0v) is 10.2. The lowest BCUT2D eigenvalue weighted by Gasteiger charge is -2.13. The van der Waals surface area contributed by atoms with Crippen molar-refractivity contribution >= 4 is 5.69 Å². The molecule has 0 fully saturated rings. The van der Waals surface area contributed by atoms with E-state index in [0.29, 0.717) is 24.1 Å². The van der Waals surface area contributed by atoms with Gasteiger partial charge in [-0.15, -0.1) is 0 Å². The molecule has 0 bridgehead atoms. The molecular weight excluding hydrogens is 190 g/mol. The molecular formula is C11H21N3O. The molecule has 0 saturated carbocycles. The van der Waals surface area contributed by atoms with Crippen molar-refractivity contribution in [3.8, 4) is 5.88 Å². The molecule has 0 amide bonds. The third-order valence-electron chi connectivity index (χ3n) is 2.13. The molecule has 0 unspecified atom stereocenters. The molecule has 86 valence electrons. The summed E-state index contributed by atoms with van der Waals surface area (Å²) in [6.07, 6.45) is 0. The summed E-state index contributed by atoms with van der Waals surface area (Å²) in [7, 11) is 0. The second-order valence-corrected chi connectivity index (χ2v) is 4.55. The number of anilines is 1. The maximum Gasteiger partial charge on any atom is 0.236 e. The van der Waals surface area contributed by atoms with E-state index in [0.717, 1.165) is 5.69 Å². The summed E-state index contributed by atoms with van der Waals surface area (Å²) >= 11 is 0. The summed E-state index contributed by atoms with van der Waals surface area (Å²) in [5, 5.41) is 4.35. The monoisotopic (exact) mass is 211 g/mol. The number of hydrogen-bond donors (Lipinski definition) is 1. The molecule has 15 heavy (non-hydrogen) atoms. The molecule has 1 heterocycles. The van der Waals surface area contributed by atoms with Gasteiger partial charge in [0, 0.05) is 0 Å². The Morgan fingerprint density at radius 1 is 1.33 bits per heavy atom. The van der Waals surface area contributed by atoms with Crippen LogP contribution in [0.4, 0.5) is 5.69 Å². The number of ether oxygens (including phenoxy) is 1. The molecule has 0 aliphatic carbocycles. The molecule has 0 aromatic carbocycles. The SMILES string of the molecule is Cc1nn(C(C)C)c(OCC(C)C)c1N. The van der Waals surface area contributed by atoms with Gasteiger partial charge in [0.25, 0.3) is 0 Å². The van der Waals surface area contributed by atoms with Crippen LogP contribution in [0.25, 0.3) is 0 Å². The molecule has 4 nitrogen and oxygen atoms in total. The molecule has 2 N–H and O–H groups in total.